The fourth-order valence-corrected chi connectivity index (χ4v) is 3.08. The number of rotatable bonds is 7. The first kappa shape index (κ1) is 16.3. The molecule has 0 saturated heterocycles. The third-order valence-corrected chi connectivity index (χ3v) is 4.74. The SMILES string of the molecule is CCC(N)Cc1ccc(OCCc2scnc2C)c(Cl)c1. The molecule has 114 valence electrons. The van der Waals surface area contributed by atoms with Gasteiger partial charge in [-0.2, -0.15) is 0 Å². The van der Waals surface area contributed by atoms with Crippen LogP contribution < -0.4 is 10.5 Å². The lowest BCUT2D eigenvalue weighted by Crippen LogP contribution is -2.21. The molecule has 2 aromatic rings. The summed E-state index contributed by atoms with van der Waals surface area (Å²) >= 11 is 7.94. The second kappa shape index (κ2) is 7.78. The normalized spacial score (nSPS) is 12.4. The molecule has 0 fully saturated rings. The lowest BCUT2D eigenvalue weighted by atomic mass is 10.0. The average Bonchev–Trinajstić information content (AvgIpc) is 2.86. The van der Waals surface area contributed by atoms with Crippen LogP contribution in [-0.2, 0) is 12.8 Å². The molecule has 21 heavy (non-hydrogen) atoms. The standard InChI is InChI=1S/C16H21ClN2OS/c1-3-13(18)8-12-4-5-15(14(17)9-12)20-7-6-16-11(2)19-10-21-16/h4-5,9-10,13H,3,6-8,18H2,1-2H3. The van der Waals surface area contributed by atoms with Gasteiger partial charge in [0.05, 0.1) is 22.8 Å². The average molecular weight is 325 g/mol. The summed E-state index contributed by atoms with van der Waals surface area (Å²) in [5.74, 6) is 0.729. The molecule has 0 bridgehead atoms. The van der Waals surface area contributed by atoms with E-state index in [0.717, 1.165) is 36.3 Å². The van der Waals surface area contributed by atoms with Crippen molar-refractivity contribution in [3.05, 3.63) is 44.9 Å². The van der Waals surface area contributed by atoms with E-state index in [2.05, 4.69) is 11.9 Å². The summed E-state index contributed by atoms with van der Waals surface area (Å²) in [7, 11) is 0. The van der Waals surface area contributed by atoms with E-state index in [4.69, 9.17) is 22.1 Å². The first-order valence-corrected chi connectivity index (χ1v) is 8.41. The zero-order valence-electron chi connectivity index (χ0n) is 12.4. The van der Waals surface area contributed by atoms with Crippen molar-refractivity contribution in [1.29, 1.82) is 0 Å². The van der Waals surface area contributed by atoms with Gasteiger partial charge in [-0.05, 0) is 37.5 Å². The highest BCUT2D eigenvalue weighted by Gasteiger charge is 2.07. The Bertz CT molecular complexity index is 585. The molecule has 1 heterocycles. The van der Waals surface area contributed by atoms with Crippen molar-refractivity contribution >= 4 is 22.9 Å². The first-order valence-electron chi connectivity index (χ1n) is 7.16. The Balaban J connectivity index is 1.90. The zero-order chi connectivity index (χ0) is 15.2. The number of hydrogen-bond acceptors (Lipinski definition) is 4. The molecule has 0 aliphatic heterocycles. The Hall–Kier alpha value is -1.10. The third-order valence-electron chi connectivity index (χ3n) is 3.45. The molecule has 1 unspecified atom stereocenters. The van der Waals surface area contributed by atoms with E-state index in [-0.39, 0.29) is 6.04 Å². The Morgan fingerprint density at radius 3 is 2.86 bits per heavy atom. The van der Waals surface area contributed by atoms with Crippen LogP contribution in [0.5, 0.6) is 5.75 Å². The zero-order valence-corrected chi connectivity index (χ0v) is 14.0. The van der Waals surface area contributed by atoms with E-state index in [1.165, 1.54) is 4.88 Å². The van der Waals surface area contributed by atoms with Gasteiger partial charge in [0.2, 0.25) is 0 Å². The summed E-state index contributed by atoms with van der Waals surface area (Å²) in [5.41, 5.74) is 10.1. The topological polar surface area (TPSA) is 48.1 Å². The molecule has 1 aromatic carbocycles. The summed E-state index contributed by atoms with van der Waals surface area (Å²) in [6.45, 7) is 4.71. The molecule has 5 heteroatoms. The maximum Gasteiger partial charge on any atom is 0.137 e. The van der Waals surface area contributed by atoms with Gasteiger partial charge < -0.3 is 10.5 Å². The van der Waals surface area contributed by atoms with Gasteiger partial charge in [-0.3, -0.25) is 0 Å². The molecule has 0 radical (unpaired) electrons. The maximum absolute atomic E-state index is 6.27. The van der Waals surface area contributed by atoms with E-state index < -0.39 is 0 Å². The van der Waals surface area contributed by atoms with E-state index in [1.807, 2.05) is 30.6 Å². The Morgan fingerprint density at radius 2 is 2.24 bits per heavy atom. The van der Waals surface area contributed by atoms with Crippen LogP contribution >= 0.6 is 22.9 Å². The Morgan fingerprint density at radius 1 is 1.43 bits per heavy atom. The second-order valence-corrected chi connectivity index (χ2v) is 6.44. The molecule has 2 N–H and O–H groups in total. The number of thiazole rings is 1. The fraction of sp³-hybridized carbons (Fsp3) is 0.438. The van der Waals surface area contributed by atoms with Gasteiger partial charge in [-0.15, -0.1) is 11.3 Å². The summed E-state index contributed by atoms with van der Waals surface area (Å²) in [6, 6.07) is 6.10. The highest BCUT2D eigenvalue weighted by atomic mass is 35.5. The molecule has 3 nitrogen and oxygen atoms in total. The molecule has 0 aliphatic carbocycles. The molecule has 1 aromatic heterocycles. The highest BCUT2D eigenvalue weighted by Crippen LogP contribution is 2.26. The molecule has 2 rings (SSSR count). The molecule has 0 saturated carbocycles. The van der Waals surface area contributed by atoms with E-state index >= 15 is 0 Å². The Labute approximate surface area is 135 Å². The molecular weight excluding hydrogens is 304 g/mol. The molecule has 0 aliphatic rings. The van der Waals surface area contributed by atoms with Crippen LogP contribution in [0.25, 0.3) is 0 Å². The summed E-state index contributed by atoms with van der Waals surface area (Å²) in [6.07, 6.45) is 2.66. The number of ether oxygens (including phenoxy) is 1. The quantitative estimate of drug-likeness (QED) is 0.837. The lowest BCUT2D eigenvalue weighted by Gasteiger charge is -2.12. The summed E-state index contributed by atoms with van der Waals surface area (Å²) in [5, 5.41) is 0.650. The summed E-state index contributed by atoms with van der Waals surface area (Å²) < 4.78 is 5.77. The molecule has 1 atom stereocenters. The Kier molecular flexibility index (Phi) is 6.03. The predicted octanol–water partition coefficient (Wildman–Crippen LogP) is 4.01. The molecular formula is C16H21ClN2OS. The maximum atomic E-state index is 6.27. The van der Waals surface area contributed by atoms with Crippen LogP contribution in [-0.4, -0.2) is 17.6 Å². The highest BCUT2D eigenvalue weighted by molar-refractivity contribution is 7.09. The van der Waals surface area contributed by atoms with Crippen LogP contribution in [0.15, 0.2) is 23.7 Å². The molecule has 0 spiro atoms. The van der Waals surface area contributed by atoms with Crippen molar-refractivity contribution < 1.29 is 4.74 Å². The summed E-state index contributed by atoms with van der Waals surface area (Å²) in [4.78, 5) is 5.49. The minimum atomic E-state index is 0.183. The molecule has 0 amide bonds. The van der Waals surface area contributed by atoms with Gasteiger partial charge in [0, 0.05) is 17.3 Å². The monoisotopic (exact) mass is 324 g/mol. The first-order chi connectivity index (χ1) is 10.1. The van der Waals surface area contributed by atoms with Crippen molar-refractivity contribution in [2.75, 3.05) is 6.61 Å². The predicted molar refractivity (Wildman–Crippen MR) is 89.5 cm³/mol. The van der Waals surface area contributed by atoms with Crippen LogP contribution in [0, 0.1) is 6.92 Å². The number of benzene rings is 1. The van der Waals surface area contributed by atoms with E-state index in [0.29, 0.717) is 11.6 Å². The smallest absolute Gasteiger partial charge is 0.137 e. The van der Waals surface area contributed by atoms with Gasteiger partial charge in [0.15, 0.2) is 0 Å². The van der Waals surface area contributed by atoms with Crippen LogP contribution in [0.3, 0.4) is 0 Å². The van der Waals surface area contributed by atoms with Crippen molar-refractivity contribution in [2.45, 2.75) is 39.2 Å². The van der Waals surface area contributed by atoms with Crippen LogP contribution in [0.4, 0.5) is 0 Å². The lowest BCUT2D eigenvalue weighted by molar-refractivity contribution is 0.322. The van der Waals surface area contributed by atoms with Crippen molar-refractivity contribution in [1.82, 2.24) is 4.98 Å². The van der Waals surface area contributed by atoms with Crippen LogP contribution in [0.2, 0.25) is 5.02 Å². The van der Waals surface area contributed by atoms with Gasteiger partial charge in [-0.25, -0.2) is 4.98 Å². The van der Waals surface area contributed by atoms with Crippen molar-refractivity contribution in [3.63, 3.8) is 0 Å². The largest absolute Gasteiger partial charge is 0.492 e. The fourth-order valence-electron chi connectivity index (χ4n) is 2.06. The van der Waals surface area contributed by atoms with Gasteiger partial charge in [0.25, 0.3) is 0 Å². The minimum absolute atomic E-state index is 0.183. The van der Waals surface area contributed by atoms with E-state index in [1.54, 1.807) is 11.3 Å². The van der Waals surface area contributed by atoms with Crippen molar-refractivity contribution in [2.24, 2.45) is 5.73 Å². The van der Waals surface area contributed by atoms with Gasteiger partial charge >= 0.3 is 0 Å². The number of halogens is 1. The number of aryl methyl sites for hydroxylation is 1. The van der Waals surface area contributed by atoms with Gasteiger partial charge in [0.1, 0.15) is 5.75 Å². The van der Waals surface area contributed by atoms with E-state index in [9.17, 15) is 0 Å². The second-order valence-electron chi connectivity index (χ2n) is 5.10. The number of hydrogen-bond donors (Lipinski definition) is 1. The third kappa shape index (κ3) is 4.70. The number of nitrogens with two attached hydrogens (primary N) is 1. The minimum Gasteiger partial charge on any atom is -0.492 e. The number of aromatic nitrogens is 1. The van der Waals surface area contributed by atoms with Crippen molar-refractivity contribution in [3.8, 4) is 5.75 Å². The van der Waals surface area contributed by atoms with Crippen LogP contribution in [0.1, 0.15) is 29.5 Å². The number of nitrogens with zero attached hydrogens (tertiary/aromatic N) is 1. The van der Waals surface area contributed by atoms with Gasteiger partial charge in [-0.1, -0.05) is 24.6 Å².